The van der Waals surface area contributed by atoms with Crippen LogP contribution in [0.2, 0.25) is 0 Å². The van der Waals surface area contributed by atoms with Gasteiger partial charge in [-0.2, -0.15) is 0 Å². The number of ether oxygens (including phenoxy) is 2. The predicted molar refractivity (Wildman–Crippen MR) is 152 cm³/mol. The number of esters is 1. The first-order valence-electron chi connectivity index (χ1n) is 15.6. The van der Waals surface area contributed by atoms with Crippen molar-refractivity contribution in [2.45, 2.75) is 108 Å². The maximum Gasteiger partial charge on any atom is 0.306 e. The topological polar surface area (TPSA) is 90.7 Å². The number of nitrogens with zero attached hydrogens (tertiary/aromatic N) is 3. The van der Waals surface area contributed by atoms with Gasteiger partial charge < -0.3 is 14.0 Å². The number of Topliss-reactive ketones (excluding diaryl/α,β-unsaturated/α-hetero) is 1. The molecular formula is C32H43N3O5. The van der Waals surface area contributed by atoms with E-state index in [0.717, 1.165) is 43.2 Å². The number of benzene rings is 1. The molecule has 5 unspecified atom stereocenters. The molecule has 0 radical (unpaired) electrons. The molecule has 2 aliphatic heterocycles. The van der Waals surface area contributed by atoms with Gasteiger partial charge in [-0.05, 0) is 69.4 Å². The van der Waals surface area contributed by atoms with Crippen LogP contribution in [0.4, 0.5) is 0 Å². The van der Waals surface area contributed by atoms with E-state index in [2.05, 4.69) is 9.88 Å². The molecule has 4 fully saturated rings. The lowest BCUT2D eigenvalue weighted by molar-refractivity contribution is -0.143. The first-order valence-corrected chi connectivity index (χ1v) is 15.6. The van der Waals surface area contributed by atoms with Gasteiger partial charge in [-0.1, -0.05) is 37.8 Å². The summed E-state index contributed by atoms with van der Waals surface area (Å²) in [6, 6.07) is 8.81. The third-order valence-corrected chi connectivity index (χ3v) is 9.90. The van der Waals surface area contributed by atoms with Crippen LogP contribution in [0, 0.1) is 11.8 Å². The highest BCUT2D eigenvalue weighted by molar-refractivity contribution is 5.97. The van der Waals surface area contributed by atoms with E-state index in [1.54, 1.807) is 6.92 Å². The lowest BCUT2D eigenvalue weighted by atomic mass is 9.75. The summed E-state index contributed by atoms with van der Waals surface area (Å²) in [6.45, 7) is 3.45. The van der Waals surface area contributed by atoms with Crippen LogP contribution in [0.15, 0.2) is 29.1 Å². The van der Waals surface area contributed by atoms with E-state index >= 15 is 0 Å². The van der Waals surface area contributed by atoms with Crippen molar-refractivity contribution in [2.24, 2.45) is 11.8 Å². The first-order chi connectivity index (χ1) is 19.5. The Morgan fingerprint density at radius 2 is 1.68 bits per heavy atom. The summed E-state index contributed by atoms with van der Waals surface area (Å²) in [5.74, 6) is 0.861. The van der Waals surface area contributed by atoms with Crippen molar-refractivity contribution in [3.63, 3.8) is 0 Å². The Balaban J connectivity index is 1.30. The zero-order valence-electron chi connectivity index (χ0n) is 23.8. The molecule has 0 spiro atoms. The minimum Gasteiger partial charge on any atom is -0.466 e. The summed E-state index contributed by atoms with van der Waals surface area (Å²) in [4.78, 5) is 46.3. The lowest BCUT2D eigenvalue weighted by Gasteiger charge is -2.51. The highest BCUT2D eigenvalue weighted by Crippen LogP contribution is 2.45. The highest BCUT2D eigenvalue weighted by Gasteiger charge is 2.44. The van der Waals surface area contributed by atoms with E-state index in [-0.39, 0.29) is 42.8 Å². The maximum absolute atomic E-state index is 14.0. The number of para-hydroxylation sites is 2. The van der Waals surface area contributed by atoms with Crippen molar-refractivity contribution in [2.75, 3.05) is 19.8 Å². The molecule has 4 bridgehead atoms. The molecule has 216 valence electrons. The summed E-state index contributed by atoms with van der Waals surface area (Å²) in [5.41, 5.74) is 1.00. The second kappa shape index (κ2) is 12.1. The van der Waals surface area contributed by atoms with E-state index in [4.69, 9.17) is 9.47 Å². The molecule has 0 amide bonds. The van der Waals surface area contributed by atoms with Crippen LogP contribution in [0.3, 0.4) is 0 Å². The summed E-state index contributed by atoms with van der Waals surface area (Å²) < 4.78 is 13.0. The molecule has 2 saturated heterocycles. The van der Waals surface area contributed by atoms with Gasteiger partial charge in [0.1, 0.15) is 0 Å². The number of rotatable bonds is 7. The molecule has 4 aliphatic rings. The van der Waals surface area contributed by atoms with Gasteiger partial charge in [0, 0.05) is 37.2 Å². The highest BCUT2D eigenvalue weighted by atomic mass is 16.5. The normalized spacial score (nSPS) is 30.8. The monoisotopic (exact) mass is 549 g/mol. The third kappa shape index (κ3) is 5.62. The minimum atomic E-state index is -0.434. The molecule has 2 saturated carbocycles. The molecule has 5 atom stereocenters. The number of aromatic nitrogens is 2. The van der Waals surface area contributed by atoms with Crippen LogP contribution in [0.1, 0.15) is 101 Å². The summed E-state index contributed by atoms with van der Waals surface area (Å²) in [5, 5.41) is 0. The van der Waals surface area contributed by atoms with Crippen molar-refractivity contribution in [3.8, 4) is 0 Å². The second-order valence-electron chi connectivity index (χ2n) is 12.5. The Labute approximate surface area is 236 Å². The largest absolute Gasteiger partial charge is 0.466 e. The minimum absolute atomic E-state index is 0.0316. The van der Waals surface area contributed by atoms with Gasteiger partial charge in [-0.25, -0.2) is 4.98 Å². The van der Waals surface area contributed by atoms with Gasteiger partial charge in [-0.3, -0.25) is 19.3 Å². The Kier molecular flexibility index (Phi) is 8.35. The van der Waals surface area contributed by atoms with Crippen molar-refractivity contribution in [1.82, 2.24) is 14.5 Å². The summed E-state index contributed by atoms with van der Waals surface area (Å²) in [7, 11) is 0. The van der Waals surface area contributed by atoms with Crippen molar-refractivity contribution < 1.29 is 19.1 Å². The number of carbonyl (C=O) groups is 2. The number of fused-ring (bicyclic) bond motifs is 5. The van der Waals surface area contributed by atoms with Gasteiger partial charge >= 0.3 is 5.97 Å². The van der Waals surface area contributed by atoms with Crippen LogP contribution in [0.5, 0.6) is 0 Å². The van der Waals surface area contributed by atoms with Crippen molar-refractivity contribution >= 4 is 22.8 Å². The Bertz CT molecular complexity index is 1260. The second-order valence-corrected chi connectivity index (χ2v) is 12.5. The van der Waals surface area contributed by atoms with E-state index in [1.165, 1.54) is 44.9 Å². The SMILES string of the molecule is CCOC(=O)CCC(=O)c1nc2ccccc2n(C2CC3CCOCC(C2)N3C2CC3CCCCC(C3)C2)c1=O. The van der Waals surface area contributed by atoms with Crippen molar-refractivity contribution in [3.05, 3.63) is 40.3 Å². The van der Waals surface area contributed by atoms with Gasteiger partial charge in [0.2, 0.25) is 0 Å². The molecule has 1 aromatic carbocycles. The molecular weight excluding hydrogens is 506 g/mol. The van der Waals surface area contributed by atoms with Gasteiger partial charge in [0.15, 0.2) is 11.5 Å². The first kappa shape index (κ1) is 27.6. The van der Waals surface area contributed by atoms with Gasteiger partial charge in [-0.15, -0.1) is 0 Å². The molecule has 3 heterocycles. The van der Waals surface area contributed by atoms with E-state index in [1.807, 2.05) is 28.8 Å². The fraction of sp³-hybridized carbons (Fsp3) is 0.688. The van der Waals surface area contributed by atoms with Crippen LogP contribution in [-0.4, -0.2) is 64.1 Å². The average molecular weight is 550 g/mol. The fourth-order valence-corrected chi connectivity index (χ4v) is 8.31. The molecule has 40 heavy (non-hydrogen) atoms. The Morgan fingerprint density at radius 3 is 2.45 bits per heavy atom. The zero-order valence-corrected chi connectivity index (χ0v) is 23.8. The van der Waals surface area contributed by atoms with Gasteiger partial charge in [0.05, 0.1) is 30.7 Å². The third-order valence-electron chi connectivity index (χ3n) is 9.90. The van der Waals surface area contributed by atoms with E-state index < -0.39 is 11.8 Å². The summed E-state index contributed by atoms with van der Waals surface area (Å²) in [6.07, 6.45) is 12.0. The van der Waals surface area contributed by atoms with Gasteiger partial charge in [0.25, 0.3) is 5.56 Å². The van der Waals surface area contributed by atoms with Crippen molar-refractivity contribution in [1.29, 1.82) is 0 Å². The Hall–Kier alpha value is -2.58. The van der Waals surface area contributed by atoms with E-state index in [9.17, 15) is 14.4 Å². The molecule has 8 heteroatoms. The number of carbonyl (C=O) groups excluding carboxylic acids is 2. The van der Waals surface area contributed by atoms with Crippen LogP contribution >= 0.6 is 0 Å². The zero-order chi connectivity index (χ0) is 27.6. The number of hydrogen-bond acceptors (Lipinski definition) is 7. The lowest BCUT2D eigenvalue weighted by Crippen LogP contribution is -2.57. The van der Waals surface area contributed by atoms with E-state index in [0.29, 0.717) is 24.2 Å². The molecule has 2 aromatic rings. The standard InChI is InChI=1S/C32H43N3O5/c1-2-40-30(37)12-11-29(36)31-32(38)35(28-10-6-5-9-27(28)33-31)25-18-23-13-14-39-20-26(19-25)34(23)24-16-21-7-3-4-8-22(15-21)17-24/h5-6,9-10,21-26H,2-4,7-8,11-20H2,1H3. The molecule has 6 rings (SSSR count). The fourth-order valence-electron chi connectivity index (χ4n) is 8.31. The summed E-state index contributed by atoms with van der Waals surface area (Å²) >= 11 is 0. The quantitative estimate of drug-likeness (QED) is 0.352. The number of hydrogen-bond donors (Lipinski definition) is 0. The smallest absolute Gasteiger partial charge is 0.306 e. The average Bonchev–Trinajstić information content (AvgIpc) is 3.20. The van der Waals surface area contributed by atoms with Crippen LogP contribution < -0.4 is 5.56 Å². The van der Waals surface area contributed by atoms with Crippen LogP contribution in [-0.2, 0) is 14.3 Å². The number of piperidine rings is 1. The molecule has 8 nitrogen and oxygen atoms in total. The molecule has 2 aliphatic carbocycles. The Morgan fingerprint density at radius 1 is 0.925 bits per heavy atom. The van der Waals surface area contributed by atoms with Crippen LogP contribution in [0.25, 0.3) is 11.0 Å². The molecule has 1 aromatic heterocycles. The maximum atomic E-state index is 14.0. The molecule has 0 N–H and O–H groups in total. The number of ketones is 1. The predicted octanol–water partition coefficient (Wildman–Crippen LogP) is 5.08.